The van der Waals surface area contributed by atoms with Gasteiger partial charge in [0.25, 0.3) is 0 Å². The van der Waals surface area contributed by atoms with Crippen molar-refractivity contribution in [2.45, 2.75) is 75.7 Å². The maximum absolute atomic E-state index is 15.5. The lowest BCUT2D eigenvalue weighted by Gasteiger charge is -2.41. The molecule has 1 aromatic carbocycles. The fourth-order valence-corrected chi connectivity index (χ4v) is 7.34. The molecule has 4 aliphatic rings. The molecule has 2 aromatic rings. The van der Waals surface area contributed by atoms with E-state index in [-0.39, 0.29) is 51.3 Å². The second-order valence-electron chi connectivity index (χ2n) is 11.2. The van der Waals surface area contributed by atoms with Crippen LogP contribution in [0.5, 0.6) is 6.01 Å². The maximum atomic E-state index is 15.5. The summed E-state index contributed by atoms with van der Waals surface area (Å²) in [6, 6.07) is 1.66. The van der Waals surface area contributed by atoms with E-state index in [9.17, 15) is 9.18 Å². The minimum Gasteiger partial charge on any atom is -0.461 e. The normalized spacial score (nSPS) is 28.4. The summed E-state index contributed by atoms with van der Waals surface area (Å²) in [5, 5.41) is 0.705. The number of anilines is 1. The number of hydrogen-bond acceptors (Lipinski definition) is 7. The monoisotopic (exact) mass is 627 g/mol. The molecule has 4 saturated heterocycles. The molecular formula is C27H33BrClF2N5O3. The van der Waals surface area contributed by atoms with Gasteiger partial charge in [0, 0.05) is 31.4 Å². The average molecular weight is 629 g/mol. The van der Waals surface area contributed by atoms with E-state index < -0.39 is 12.0 Å². The van der Waals surface area contributed by atoms with Crippen LogP contribution >= 0.6 is 27.5 Å². The molecule has 8 nitrogen and oxygen atoms in total. The number of hydrogen-bond donors (Lipinski definition) is 0. The largest absolute Gasteiger partial charge is 0.461 e. The predicted molar refractivity (Wildman–Crippen MR) is 148 cm³/mol. The van der Waals surface area contributed by atoms with E-state index >= 15 is 4.39 Å². The highest BCUT2D eigenvalue weighted by Crippen LogP contribution is 2.42. The van der Waals surface area contributed by atoms with Crippen molar-refractivity contribution in [3.63, 3.8) is 0 Å². The number of fused-ring (bicyclic) bond motifs is 4. The number of ether oxygens (including phenoxy) is 2. The van der Waals surface area contributed by atoms with Gasteiger partial charge < -0.3 is 14.4 Å². The van der Waals surface area contributed by atoms with Crippen LogP contribution in [-0.2, 0) is 4.74 Å². The number of carbonyl (C=O) groups is 1. The van der Waals surface area contributed by atoms with E-state index in [1.54, 1.807) is 6.07 Å². The molecule has 4 atom stereocenters. The molecule has 2 bridgehead atoms. The first-order chi connectivity index (χ1) is 18.8. The molecule has 4 fully saturated rings. The maximum Gasteiger partial charge on any atom is 0.410 e. The van der Waals surface area contributed by atoms with Gasteiger partial charge in [-0.2, -0.15) is 9.97 Å². The molecule has 12 heteroatoms. The molecule has 6 rings (SSSR count). The van der Waals surface area contributed by atoms with Crippen LogP contribution in [0.25, 0.3) is 10.9 Å². The Labute approximate surface area is 240 Å². The van der Waals surface area contributed by atoms with E-state index in [0.29, 0.717) is 43.9 Å². The van der Waals surface area contributed by atoms with Gasteiger partial charge in [-0.1, -0.05) is 24.9 Å². The third-order valence-electron chi connectivity index (χ3n) is 8.73. The topological polar surface area (TPSA) is 71.0 Å². The summed E-state index contributed by atoms with van der Waals surface area (Å²) >= 11 is 9.59. The average Bonchev–Trinajstić information content (AvgIpc) is 3.53. The van der Waals surface area contributed by atoms with Gasteiger partial charge in [-0.25, -0.2) is 13.6 Å². The Morgan fingerprint density at radius 2 is 2.03 bits per heavy atom. The summed E-state index contributed by atoms with van der Waals surface area (Å²) in [6.45, 7) is 5.05. The Kier molecular flexibility index (Phi) is 7.52. The smallest absolute Gasteiger partial charge is 0.410 e. The van der Waals surface area contributed by atoms with E-state index in [4.69, 9.17) is 26.1 Å². The van der Waals surface area contributed by atoms with E-state index in [0.717, 1.165) is 45.1 Å². The number of halogens is 4. The van der Waals surface area contributed by atoms with Crippen molar-refractivity contribution in [3.8, 4) is 6.01 Å². The van der Waals surface area contributed by atoms with Crippen molar-refractivity contribution in [2.75, 3.05) is 44.3 Å². The second-order valence-corrected chi connectivity index (χ2v) is 12.4. The van der Waals surface area contributed by atoms with Gasteiger partial charge in [0.15, 0.2) is 5.82 Å². The highest BCUT2D eigenvalue weighted by atomic mass is 79.9. The summed E-state index contributed by atoms with van der Waals surface area (Å²) in [5.41, 5.74) is -0.268. The molecule has 0 aliphatic carbocycles. The summed E-state index contributed by atoms with van der Waals surface area (Å²) < 4.78 is 41.5. The zero-order valence-electron chi connectivity index (χ0n) is 22.0. The van der Waals surface area contributed by atoms with Crippen LogP contribution in [0.1, 0.15) is 51.9 Å². The van der Waals surface area contributed by atoms with Gasteiger partial charge in [-0.05, 0) is 60.6 Å². The van der Waals surface area contributed by atoms with E-state index in [2.05, 4.69) is 37.6 Å². The molecule has 39 heavy (non-hydrogen) atoms. The number of rotatable bonds is 7. The van der Waals surface area contributed by atoms with Crippen LogP contribution in [0.3, 0.4) is 0 Å². The Balaban J connectivity index is 1.30. The summed E-state index contributed by atoms with van der Waals surface area (Å²) in [6.07, 6.45) is 4.64. The molecule has 4 aliphatic heterocycles. The minimum absolute atomic E-state index is 0.0334. The Morgan fingerprint density at radius 3 is 2.77 bits per heavy atom. The van der Waals surface area contributed by atoms with Crippen LogP contribution in [0.4, 0.5) is 19.4 Å². The molecular weight excluding hydrogens is 596 g/mol. The number of carbonyl (C=O) groups excluding carboxylic acids is 1. The van der Waals surface area contributed by atoms with Crippen molar-refractivity contribution in [2.24, 2.45) is 0 Å². The first-order valence-corrected chi connectivity index (χ1v) is 15.0. The molecule has 0 N–H and O–H groups in total. The van der Waals surface area contributed by atoms with Crippen molar-refractivity contribution in [3.05, 3.63) is 21.4 Å². The minimum atomic E-state index is -0.877. The fraction of sp³-hybridized carbons (Fsp3) is 0.667. The van der Waals surface area contributed by atoms with Crippen molar-refractivity contribution in [1.82, 2.24) is 19.8 Å². The van der Waals surface area contributed by atoms with Crippen LogP contribution in [-0.4, -0.2) is 89.0 Å². The third-order valence-corrected chi connectivity index (χ3v) is 10.0. The third kappa shape index (κ3) is 4.92. The Hall–Kier alpha value is -1.98. The van der Waals surface area contributed by atoms with Gasteiger partial charge in [-0.3, -0.25) is 9.80 Å². The van der Waals surface area contributed by atoms with Crippen molar-refractivity contribution in [1.29, 1.82) is 0 Å². The van der Waals surface area contributed by atoms with Gasteiger partial charge in [-0.15, -0.1) is 0 Å². The van der Waals surface area contributed by atoms with Crippen molar-refractivity contribution >= 4 is 50.3 Å². The lowest BCUT2D eigenvalue weighted by atomic mass is 9.95. The Bertz CT molecular complexity index is 1260. The quantitative estimate of drug-likeness (QED) is 0.287. The standard InChI is InChI=1S/C27H33BrClF2N5O3/c1-2-3-9-38-26(37)36-17-5-6-18(36)14-34(13-17)24-19-10-20(29)21(28)22(31)23(19)32-25(33-24)39-15-27-7-4-8-35(27)12-16(30)11-27/h10,16-18H,2-9,11-15H2,1H3/t16-,17-,18+,27+/m1/s1. The second kappa shape index (κ2) is 10.8. The summed E-state index contributed by atoms with van der Waals surface area (Å²) in [4.78, 5) is 28.1. The molecule has 0 unspecified atom stereocenters. The lowest BCUT2D eigenvalue weighted by Crippen LogP contribution is -2.56. The lowest BCUT2D eigenvalue weighted by molar-refractivity contribution is 0.0776. The van der Waals surface area contributed by atoms with Crippen LogP contribution in [0, 0.1) is 5.82 Å². The van der Waals surface area contributed by atoms with Crippen LogP contribution in [0.15, 0.2) is 10.5 Å². The number of piperazine rings is 1. The zero-order valence-corrected chi connectivity index (χ0v) is 24.3. The molecule has 0 radical (unpaired) electrons. The van der Waals surface area contributed by atoms with Crippen LogP contribution < -0.4 is 9.64 Å². The zero-order chi connectivity index (χ0) is 27.3. The molecule has 0 saturated carbocycles. The predicted octanol–water partition coefficient (Wildman–Crippen LogP) is 5.73. The molecule has 5 heterocycles. The van der Waals surface area contributed by atoms with Gasteiger partial charge in [0.1, 0.15) is 24.1 Å². The number of nitrogens with zero attached hydrogens (tertiary/aromatic N) is 5. The summed E-state index contributed by atoms with van der Waals surface area (Å²) in [7, 11) is 0. The first-order valence-electron chi connectivity index (χ1n) is 13.9. The molecule has 0 spiro atoms. The SMILES string of the molecule is CCCCOC(=O)N1[C@@H]2CC[C@H]1CN(c1nc(OC[C@@]34CCCN3C[C@H](F)C4)nc3c(F)c(Br)c(Cl)cc13)C2. The van der Waals surface area contributed by atoms with Gasteiger partial charge in [0.2, 0.25) is 0 Å². The highest BCUT2D eigenvalue weighted by Gasteiger charge is 2.49. The van der Waals surface area contributed by atoms with Crippen LogP contribution in [0.2, 0.25) is 5.02 Å². The fourth-order valence-electron chi connectivity index (χ4n) is 6.84. The Morgan fingerprint density at radius 1 is 1.26 bits per heavy atom. The number of amides is 1. The highest BCUT2D eigenvalue weighted by molar-refractivity contribution is 9.10. The molecule has 212 valence electrons. The summed E-state index contributed by atoms with van der Waals surface area (Å²) in [5.74, 6) is -0.0628. The van der Waals surface area contributed by atoms with Gasteiger partial charge in [0.05, 0.1) is 33.7 Å². The van der Waals surface area contributed by atoms with E-state index in [1.165, 1.54) is 0 Å². The van der Waals surface area contributed by atoms with E-state index in [1.807, 2.05) is 4.90 Å². The van der Waals surface area contributed by atoms with Gasteiger partial charge >= 0.3 is 12.1 Å². The number of aromatic nitrogens is 2. The number of benzene rings is 1. The number of unbranched alkanes of at least 4 members (excludes halogenated alkanes) is 1. The number of alkyl halides is 1. The molecule has 1 aromatic heterocycles. The molecule has 1 amide bonds. The van der Waals surface area contributed by atoms with Crippen molar-refractivity contribution < 1.29 is 23.0 Å². The first kappa shape index (κ1) is 27.2.